The van der Waals surface area contributed by atoms with Gasteiger partial charge in [0.25, 0.3) is 0 Å². The van der Waals surface area contributed by atoms with E-state index in [-0.39, 0.29) is 16.3 Å². The fourth-order valence-corrected chi connectivity index (χ4v) is 2.60. The third-order valence-corrected chi connectivity index (χ3v) is 4.21. The van der Waals surface area contributed by atoms with Crippen LogP contribution < -0.4 is 16.4 Å². The van der Waals surface area contributed by atoms with Crippen LogP contribution in [0.2, 0.25) is 0 Å². The van der Waals surface area contributed by atoms with E-state index in [1.165, 1.54) is 13.0 Å². The minimum absolute atomic E-state index is 0.0497. The number of amides is 2. The Morgan fingerprint density at radius 2 is 2.05 bits per heavy atom. The van der Waals surface area contributed by atoms with Crippen molar-refractivity contribution >= 4 is 27.5 Å². The van der Waals surface area contributed by atoms with Crippen molar-refractivity contribution < 1.29 is 13.2 Å². The van der Waals surface area contributed by atoms with E-state index in [1.54, 1.807) is 19.1 Å². The molecule has 2 amide bonds. The van der Waals surface area contributed by atoms with E-state index >= 15 is 0 Å². The monoisotopic (exact) mass is 284 g/mol. The summed E-state index contributed by atoms with van der Waals surface area (Å²) < 4.78 is 23.9. The molecule has 0 unspecified atom stereocenters. The van der Waals surface area contributed by atoms with Gasteiger partial charge in [-0.3, -0.25) is 10.7 Å². The molecule has 1 aromatic rings. The van der Waals surface area contributed by atoms with Gasteiger partial charge in [-0.05, 0) is 18.6 Å². The molecule has 0 saturated heterocycles. The number of guanidine groups is 1. The number of urea groups is 1. The number of hydrogen-bond acceptors (Lipinski definition) is 4. The van der Waals surface area contributed by atoms with Crippen LogP contribution in [0.25, 0.3) is 0 Å². The summed E-state index contributed by atoms with van der Waals surface area (Å²) in [4.78, 5) is 11.6. The molecule has 0 bridgehead atoms. The first-order valence-electron chi connectivity index (χ1n) is 5.52. The van der Waals surface area contributed by atoms with Gasteiger partial charge in [0.1, 0.15) is 0 Å². The van der Waals surface area contributed by atoms with Gasteiger partial charge in [0.15, 0.2) is 15.8 Å². The fourth-order valence-electron chi connectivity index (χ4n) is 1.48. The zero-order valence-electron chi connectivity index (χ0n) is 10.6. The molecule has 8 heteroatoms. The average molecular weight is 284 g/mol. The van der Waals surface area contributed by atoms with Crippen molar-refractivity contribution in [2.75, 3.05) is 11.1 Å². The first-order chi connectivity index (χ1) is 8.77. The number of carbonyl (C=O) groups is 1. The molecule has 19 heavy (non-hydrogen) atoms. The number of anilines is 1. The summed E-state index contributed by atoms with van der Waals surface area (Å²) in [6.07, 6.45) is 0. The Labute approximate surface area is 111 Å². The second-order valence-corrected chi connectivity index (χ2v) is 6.09. The number of nitrogens with two attached hydrogens (primary N) is 1. The molecular formula is C11H16N4O3S. The summed E-state index contributed by atoms with van der Waals surface area (Å²) in [6.45, 7) is 3.20. The smallest absolute Gasteiger partial charge is 0.326 e. The molecule has 7 nitrogen and oxygen atoms in total. The maximum Gasteiger partial charge on any atom is 0.326 e. The molecule has 0 fully saturated rings. The van der Waals surface area contributed by atoms with Crippen LogP contribution in [0.1, 0.15) is 12.5 Å². The summed E-state index contributed by atoms with van der Waals surface area (Å²) >= 11 is 0. The van der Waals surface area contributed by atoms with Crippen molar-refractivity contribution in [1.82, 2.24) is 5.32 Å². The van der Waals surface area contributed by atoms with Gasteiger partial charge in [0.2, 0.25) is 0 Å². The lowest BCUT2D eigenvalue weighted by Gasteiger charge is -2.13. The molecule has 0 aromatic heterocycles. The summed E-state index contributed by atoms with van der Waals surface area (Å²) in [7, 11) is -3.45. The van der Waals surface area contributed by atoms with E-state index in [4.69, 9.17) is 11.1 Å². The topological polar surface area (TPSA) is 125 Å². The second-order valence-electron chi connectivity index (χ2n) is 3.84. The average Bonchev–Trinajstić information content (AvgIpc) is 2.30. The van der Waals surface area contributed by atoms with E-state index in [0.717, 1.165) is 0 Å². The number of aryl methyl sites for hydroxylation is 1. The van der Waals surface area contributed by atoms with Crippen LogP contribution in [0.4, 0.5) is 10.5 Å². The number of para-hydroxylation sites is 1. The first kappa shape index (κ1) is 15.0. The second kappa shape index (κ2) is 5.70. The molecule has 0 radical (unpaired) electrons. The lowest BCUT2D eigenvalue weighted by molar-refractivity contribution is 0.256. The standard InChI is InChI=1S/C11H16N4O3S/c1-3-19(17,18)8-6-4-5-7(2)9(8)14-11(16)15-10(12)13/h4-6H,3H2,1-2H3,(H5,12,13,14,15,16). The van der Waals surface area contributed by atoms with Crippen LogP contribution in [0.15, 0.2) is 23.1 Å². The predicted molar refractivity (Wildman–Crippen MR) is 73.0 cm³/mol. The highest BCUT2D eigenvalue weighted by Crippen LogP contribution is 2.25. The van der Waals surface area contributed by atoms with Gasteiger partial charge in [-0.25, -0.2) is 13.2 Å². The minimum Gasteiger partial charge on any atom is -0.370 e. The lowest BCUT2D eigenvalue weighted by atomic mass is 10.2. The molecule has 1 aromatic carbocycles. The number of benzene rings is 1. The third kappa shape index (κ3) is 3.68. The molecule has 0 heterocycles. The molecule has 1 rings (SSSR count). The van der Waals surface area contributed by atoms with Crippen LogP contribution in [-0.2, 0) is 9.84 Å². The van der Waals surface area contributed by atoms with Crippen LogP contribution in [-0.4, -0.2) is 26.2 Å². The van der Waals surface area contributed by atoms with E-state index in [2.05, 4.69) is 5.32 Å². The quantitative estimate of drug-likeness (QED) is 0.484. The van der Waals surface area contributed by atoms with Crippen molar-refractivity contribution in [2.24, 2.45) is 5.73 Å². The molecule has 0 aliphatic heterocycles. The lowest BCUT2D eigenvalue weighted by Crippen LogP contribution is -2.39. The minimum atomic E-state index is -3.45. The molecular weight excluding hydrogens is 268 g/mol. The normalized spacial score (nSPS) is 10.8. The van der Waals surface area contributed by atoms with Crippen molar-refractivity contribution in [3.05, 3.63) is 23.8 Å². The zero-order valence-corrected chi connectivity index (χ0v) is 11.5. The summed E-state index contributed by atoms with van der Waals surface area (Å²) in [5.41, 5.74) is 5.83. The zero-order chi connectivity index (χ0) is 14.6. The SMILES string of the molecule is CCS(=O)(=O)c1cccc(C)c1NC(=O)NC(=N)N. The Morgan fingerprint density at radius 3 is 2.58 bits per heavy atom. The van der Waals surface area contributed by atoms with Crippen LogP contribution in [0.5, 0.6) is 0 Å². The molecule has 0 aliphatic carbocycles. The van der Waals surface area contributed by atoms with Crippen LogP contribution >= 0.6 is 0 Å². The summed E-state index contributed by atoms with van der Waals surface area (Å²) in [6, 6.07) is 3.95. The number of nitrogens with one attached hydrogen (secondary N) is 3. The maximum absolute atomic E-state index is 11.9. The Hall–Kier alpha value is -2.09. The van der Waals surface area contributed by atoms with Crippen LogP contribution in [0.3, 0.4) is 0 Å². The molecule has 0 aliphatic rings. The Morgan fingerprint density at radius 1 is 1.42 bits per heavy atom. The van der Waals surface area contributed by atoms with Crippen molar-refractivity contribution in [3.8, 4) is 0 Å². The number of sulfone groups is 1. The number of hydrogen-bond donors (Lipinski definition) is 4. The fraction of sp³-hybridized carbons (Fsp3) is 0.273. The van der Waals surface area contributed by atoms with Gasteiger partial charge in [-0.2, -0.15) is 0 Å². The number of carbonyl (C=O) groups excluding carboxylic acids is 1. The first-order valence-corrected chi connectivity index (χ1v) is 7.17. The van der Waals surface area contributed by atoms with Gasteiger partial charge in [-0.1, -0.05) is 19.1 Å². The highest BCUT2D eigenvalue weighted by atomic mass is 32.2. The van der Waals surface area contributed by atoms with E-state index < -0.39 is 21.8 Å². The van der Waals surface area contributed by atoms with E-state index in [9.17, 15) is 13.2 Å². The largest absolute Gasteiger partial charge is 0.370 e. The van der Waals surface area contributed by atoms with Crippen LogP contribution in [0, 0.1) is 12.3 Å². The maximum atomic E-state index is 11.9. The Bertz CT molecular complexity index is 610. The summed E-state index contributed by atoms with van der Waals surface area (Å²) in [5, 5.41) is 11.4. The molecule has 0 spiro atoms. The van der Waals surface area contributed by atoms with Gasteiger partial charge >= 0.3 is 6.03 Å². The van der Waals surface area contributed by atoms with Gasteiger partial charge in [0.05, 0.1) is 16.3 Å². The third-order valence-electron chi connectivity index (χ3n) is 2.44. The Balaban J connectivity index is 3.20. The van der Waals surface area contributed by atoms with Crippen molar-refractivity contribution in [1.29, 1.82) is 5.41 Å². The number of rotatable bonds is 3. The van der Waals surface area contributed by atoms with E-state index in [0.29, 0.717) is 5.56 Å². The highest BCUT2D eigenvalue weighted by Gasteiger charge is 2.19. The summed E-state index contributed by atoms with van der Waals surface area (Å²) in [5.74, 6) is -0.592. The molecule has 104 valence electrons. The Kier molecular flexibility index (Phi) is 4.49. The van der Waals surface area contributed by atoms with E-state index in [1.807, 2.05) is 5.32 Å². The highest BCUT2D eigenvalue weighted by molar-refractivity contribution is 7.91. The van der Waals surface area contributed by atoms with Gasteiger partial charge < -0.3 is 11.1 Å². The molecule has 0 atom stereocenters. The van der Waals surface area contributed by atoms with Crippen molar-refractivity contribution in [3.63, 3.8) is 0 Å². The van der Waals surface area contributed by atoms with Gasteiger partial charge in [-0.15, -0.1) is 0 Å². The predicted octanol–water partition coefficient (Wildman–Crippen LogP) is 0.804. The van der Waals surface area contributed by atoms with Gasteiger partial charge in [0, 0.05) is 0 Å². The molecule has 0 saturated carbocycles. The molecule has 5 N–H and O–H groups in total. The van der Waals surface area contributed by atoms with Crippen molar-refractivity contribution in [2.45, 2.75) is 18.7 Å².